The summed E-state index contributed by atoms with van der Waals surface area (Å²) < 4.78 is 13.6. The quantitative estimate of drug-likeness (QED) is 0.901. The van der Waals surface area contributed by atoms with E-state index < -0.39 is 0 Å². The molecule has 3 heteroatoms. The van der Waals surface area contributed by atoms with E-state index in [0.717, 1.165) is 18.5 Å². The van der Waals surface area contributed by atoms with Gasteiger partial charge in [-0.15, -0.1) is 0 Å². The molecule has 1 atom stereocenters. The van der Waals surface area contributed by atoms with E-state index in [-0.39, 0.29) is 11.9 Å². The first-order valence-corrected chi connectivity index (χ1v) is 7.27. The SMILES string of the molecule is Cc1cccc(N(C)CCC(N)c2ccc(C)c(F)c2)c1. The maximum atomic E-state index is 13.6. The second-order valence-electron chi connectivity index (χ2n) is 5.66. The minimum atomic E-state index is -0.185. The molecule has 0 heterocycles. The molecule has 0 saturated carbocycles. The number of hydrogen-bond donors (Lipinski definition) is 1. The van der Waals surface area contributed by atoms with Crippen LogP contribution in [0.1, 0.15) is 29.2 Å². The van der Waals surface area contributed by atoms with Crippen LogP contribution in [0.3, 0.4) is 0 Å². The van der Waals surface area contributed by atoms with Crippen molar-refractivity contribution in [3.8, 4) is 0 Å². The Bertz CT molecular complexity index is 610. The highest BCUT2D eigenvalue weighted by Gasteiger charge is 2.10. The van der Waals surface area contributed by atoms with Gasteiger partial charge in [0.15, 0.2) is 0 Å². The van der Waals surface area contributed by atoms with Crippen molar-refractivity contribution < 1.29 is 4.39 Å². The third kappa shape index (κ3) is 4.05. The summed E-state index contributed by atoms with van der Waals surface area (Å²) in [6.07, 6.45) is 0.785. The smallest absolute Gasteiger partial charge is 0.126 e. The van der Waals surface area contributed by atoms with E-state index in [0.29, 0.717) is 5.56 Å². The van der Waals surface area contributed by atoms with Gasteiger partial charge in [0, 0.05) is 25.3 Å². The second-order valence-corrected chi connectivity index (χ2v) is 5.66. The number of benzene rings is 2. The molecule has 0 amide bonds. The third-order valence-electron chi connectivity index (χ3n) is 3.84. The molecule has 0 spiro atoms. The second kappa shape index (κ2) is 6.72. The minimum absolute atomic E-state index is 0.146. The summed E-state index contributed by atoms with van der Waals surface area (Å²) in [7, 11) is 2.05. The van der Waals surface area contributed by atoms with Gasteiger partial charge in [-0.1, -0.05) is 24.3 Å². The minimum Gasteiger partial charge on any atom is -0.375 e. The van der Waals surface area contributed by atoms with Crippen LogP contribution in [-0.4, -0.2) is 13.6 Å². The van der Waals surface area contributed by atoms with E-state index in [4.69, 9.17) is 5.73 Å². The van der Waals surface area contributed by atoms with Crippen molar-refractivity contribution in [3.05, 3.63) is 65.0 Å². The highest BCUT2D eigenvalue weighted by atomic mass is 19.1. The van der Waals surface area contributed by atoms with Crippen LogP contribution >= 0.6 is 0 Å². The van der Waals surface area contributed by atoms with Crippen molar-refractivity contribution in [3.63, 3.8) is 0 Å². The number of anilines is 1. The van der Waals surface area contributed by atoms with Crippen molar-refractivity contribution in [2.24, 2.45) is 5.73 Å². The Morgan fingerprint density at radius 1 is 1.14 bits per heavy atom. The zero-order valence-corrected chi connectivity index (χ0v) is 12.9. The van der Waals surface area contributed by atoms with Crippen molar-refractivity contribution in [1.29, 1.82) is 0 Å². The normalized spacial score (nSPS) is 12.2. The fraction of sp³-hybridized carbons (Fsp3) is 0.333. The summed E-state index contributed by atoms with van der Waals surface area (Å²) in [5.41, 5.74) is 10.1. The van der Waals surface area contributed by atoms with Gasteiger partial charge in [0.1, 0.15) is 5.82 Å². The van der Waals surface area contributed by atoms with Gasteiger partial charge in [0.05, 0.1) is 0 Å². The maximum absolute atomic E-state index is 13.6. The number of halogens is 1. The maximum Gasteiger partial charge on any atom is 0.126 e. The molecule has 0 aliphatic rings. The van der Waals surface area contributed by atoms with Crippen molar-refractivity contribution in [2.75, 3.05) is 18.5 Å². The fourth-order valence-electron chi connectivity index (χ4n) is 2.33. The highest BCUT2D eigenvalue weighted by molar-refractivity contribution is 5.47. The third-order valence-corrected chi connectivity index (χ3v) is 3.84. The zero-order chi connectivity index (χ0) is 15.4. The fourth-order valence-corrected chi connectivity index (χ4v) is 2.33. The van der Waals surface area contributed by atoms with Crippen LogP contribution in [0.2, 0.25) is 0 Å². The Balaban J connectivity index is 1.97. The molecule has 0 aliphatic carbocycles. The first-order valence-electron chi connectivity index (χ1n) is 7.27. The molecule has 0 fully saturated rings. The number of rotatable bonds is 5. The molecule has 0 aromatic heterocycles. The van der Waals surface area contributed by atoms with Crippen LogP contribution in [0.4, 0.5) is 10.1 Å². The van der Waals surface area contributed by atoms with Gasteiger partial charge >= 0.3 is 0 Å². The van der Waals surface area contributed by atoms with Crippen molar-refractivity contribution in [2.45, 2.75) is 26.3 Å². The molecule has 0 bridgehead atoms. The Morgan fingerprint density at radius 2 is 1.90 bits per heavy atom. The summed E-state index contributed by atoms with van der Waals surface area (Å²) >= 11 is 0. The molecule has 2 aromatic rings. The van der Waals surface area contributed by atoms with E-state index in [1.807, 2.05) is 6.07 Å². The molecule has 2 nitrogen and oxygen atoms in total. The van der Waals surface area contributed by atoms with Crippen molar-refractivity contribution >= 4 is 5.69 Å². The predicted octanol–water partition coefficient (Wildman–Crippen LogP) is 3.97. The topological polar surface area (TPSA) is 29.3 Å². The van der Waals surface area contributed by atoms with Crippen LogP contribution in [0.25, 0.3) is 0 Å². The van der Waals surface area contributed by atoms with E-state index in [1.165, 1.54) is 11.3 Å². The average molecular weight is 286 g/mol. The molecule has 112 valence electrons. The van der Waals surface area contributed by atoms with E-state index in [9.17, 15) is 4.39 Å². The number of aryl methyl sites for hydroxylation is 2. The predicted molar refractivity (Wildman–Crippen MR) is 87.1 cm³/mol. The van der Waals surface area contributed by atoms with Gasteiger partial charge in [0.2, 0.25) is 0 Å². The molecule has 0 aliphatic heterocycles. The van der Waals surface area contributed by atoms with Gasteiger partial charge in [-0.3, -0.25) is 0 Å². The van der Waals surface area contributed by atoms with Crippen LogP contribution in [0, 0.1) is 19.7 Å². The van der Waals surface area contributed by atoms with Gasteiger partial charge < -0.3 is 10.6 Å². The molecule has 2 N–H and O–H groups in total. The lowest BCUT2D eigenvalue weighted by atomic mass is 10.0. The molecule has 21 heavy (non-hydrogen) atoms. The molecular weight excluding hydrogens is 263 g/mol. The van der Waals surface area contributed by atoms with Crippen LogP contribution in [0.15, 0.2) is 42.5 Å². The highest BCUT2D eigenvalue weighted by Crippen LogP contribution is 2.20. The van der Waals surface area contributed by atoms with Gasteiger partial charge in [-0.25, -0.2) is 4.39 Å². The molecule has 2 rings (SSSR count). The van der Waals surface area contributed by atoms with Gasteiger partial charge in [-0.2, -0.15) is 0 Å². The first-order chi connectivity index (χ1) is 9.97. The summed E-state index contributed by atoms with van der Waals surface area (Å²) in [5.74, 6) is -0.185. The van der Waals surface area contributed by atoms with E-state index in [2.05, 4.69) is 43.1 Å². The Morgan fingerprint density at radius 3 is 2.57 bits per heavy atom. The lowest BCUT2D eigenvalue weighted by molar-refractivity contribution is 0.601. The first kappa shape index (κ1) is 15.5. The lowest BCUT2D eigenvalue weighted by Gasteiger charge is -2.22. The monoisotopic (exact) mass is 286 g/mol. The van der Waals surface area contributed by atoms with Gasteiger partial charge in [0.25, 0.3) is 0 Å². The standard InChI is InChI=1S/C18H23FN2/c1-13-5-4-6-16(11-13)21(3)10-9-18(20)15-8-7-14(2)17(19)12-15/h4-8,11-12,18H,9-10,20H2,1-3H3. The molecule has 2 aromatic carbocycles. The van der Waals surface area contributed by atoms with Crippen LogP contribution < -0.4 is 10.6 Å². The van der Waals surface area contributed by atoms with Crippen molar-refractivity contribution in [1.82, 2.24) is 0 Å². The van der Waals surface area contributed by atoms with Crippen LogP contribution in [0.5, 0.6) is 0 Å². The Hall–Kier alpha value is -1.87. The lowest BCUT2D eigenvalue weighted by Crippen LogP contribution is -2.23. The largest absolute Gasteiger partial charge is 0.375 e. The number of hydrogen-bond acceptors (Lipinski definition) is 2. The summed E-state index contributed by atoms with van der Waals surface area (Å²) in [6, 6.07) is 13.5. The van der Waals surface area contributed by atoms with Crippen LogP contribution in [-0.2, 0) is 0 Å². The molecule has 0 radical (unpaired) electrons. The summed E-state index contributed by atoms with van der Waals surface area (Å²) in [4.78, 5) is 2.18. The molecule has 0 saturated heterocycles. The Kier molecular flexibility index (Phi) is 4.97. The van der Waals surface area contributed by atoms with E-state index in [1.54, 1.807) is 19.1 Å². The Labute approximate surface area is 126 Å². The summed E-state index contributed by atoms with van der Waals surface area (Å²) in [5, 5.41) is 0. The zero-order valence-electron chi connectivity index (χ0n) is 12.9. The number of nitrogens with two attached hydrogens (primary N) is 1. The van der Waals surface area contributed by atoms with Gasteiger partial charge in [-0.05, 0) is 55.2 Å². The molecule has 1 unspecified atom stereocenters. The average Bonchev–Trinajstić information content (AvgIpc) is 2.47. The molecular formula is C18H23FN2. The van der Waals surface area contributed by atoms with E-state index >= 15 is 0 Å². The summed E-state index contributed by atoms with van der Waals surface area (Å²) in [6.45, 7) is 4.68. The number of nitrogens with zero attached hydrogens (tertiary/aromatic N) is 1.